The van der Waals surface area contributed by atoms with E-state index in [-0.39, 0.29) is 19.3 Å². The normalized spacial score (nSPS) is 17.1. The summed E-state index contributed by atoms with van der Waals surface area (Å²) in [6, 6.07) is 7.61. The number of esters is 2. The molecule has 0 spiro atoms. The number of halogens is 2. The number of hydrogen-bond donors (Lipinski definition) is 4. The molecular weight excluding hydrogens is 883 g/mol. The number of allylic oxidation sites excluding steroid dienone is 1. The molecule has 2 aliphatic heterocycles. The number of anilines is 1. The van der Waals surface area contributed by atoms with Gasteiger partial charge in [0.2, 0.25) is 37.2 Å². The van der Waals surface area contributed by atoms with Crippen LogP contribution in [0.15, 0.2) is 48.5 Å². The molecule has 2 aliphatic rings. The first kappa shape index (κ1) is 53.5. The molecule has 0 saturated heterocycles. The molecule has 2 heterocycles. The maximum atomic E-state index is 16.1. The Morgan fingerprint density at radius 2 is 1.48 bits per heavy atom. The predicted octanol–water partition coefficient (Wildman–Crippen LogP) is 5.74. The molecule has 0 unspecified atom stereocenters. The molecule has 0 fully saturated rings. The Hall–Kier alpha value is -5.07. The van der Waals surface area contributed by atoms with Gasteiger partial charge in [-0.1, -0.05) is 42.5 Å². The molecule has 3 atom stereocenters. The molecule has 0 saturated carbocycles. The van der Waals surface area contributed by atoms with E-state index in [4.69, 9.17) is 34.7 Å². The van der Waals surface area contributed by atoms with E-state index in [9.17, 15) is 33.3 Å². The molecule has 4 rings (SSSR count). The van der Waals surface area contributed by atoms with Gasteiger partial charge in [-0.3, -0.25) is 47.3 Å². The lowest BCUT2D eigenvalue weighted by Crippen LogP contribution is -2.55. The minimum Gasteiger partial charge on any atom is -0.438 e. The standard InChI is InChI=1S/C46H64F2N5O12P/c1-29(30-14-17-33(18-15-30)46(47,48)66(60,64-27-62-42(58)44(2,3)4)65-28-63-43(59)45(5,6)7)25-38(55)52-35-20-16-31-11-8-12-32-26-36(53(39(31)32)41(35)57)40(56)51-34(19-21-37(50)54)13-9-23-61-24-10-22-49/h8,11-12,14-15,17-18,25,34-36H,9-10,13,16,19-24,26-28,49H2,1-7H3,(H2,50,54)(H,51,56)(H,52,55)/b29-25+/t34-,35+,36+/m1/s1. The van der Waals surface area contributed by atoms with Crippen LogP contribution in [-0.4, -0.2) is 87.0 Å². The van der Waals surface area contributed by atoms with Crippen LogP contribution in [0.4, 0.5) is 14.5 Å². The quantitative estimate of drug-likeness (QED) is 0.0342. The maximum Gasteiger partial charge on any atom is 0.410 e. The number of carbonyl (C=O) groups is 6. The molecule has 364 valence electrons. The number of hydrogen-bond acceptors (Lipinski definition) is 13. The van der Waals surface area contributed by atoms with Crippen LogP contribution in [0, 0.1) is 10.8 Å². The fraction of sp³-hybridized carbons (Fsp3) is 0.565. The van der Waals surface area contributed by atoms with Crippen molar-refractivity contribution in [3.05, 3.63) is 70.8 Å². The third kappa shape index (κ3) is 14.2. The number of benzene rings is 2. The molecule has 0 aromatic heterocycles. The molecular formula is C46H64F2N5O12P. The van der Waals surface area contributed by atoms with Gasteiger partial charge in [-0.15, -0.1) is 0 Å². The summed E-state index contributed by atoms with van der Waals surface area (Å²) in [5, 5.41) is 5.80. The predicted molar refractivity (Wildman–Crippen MR) is 240 cm³/mol. The summed E-state index contributed by atoms with van der Waals surface area (Å²) in [4.78, 5) is 79.5. The summed E-state index contributed by atoms with van der Waals surface area (Å²) < 4.78 is 71.2. The van der Waals surface area contributed by atoms with Gasteiger partial charge in [0.25, 0.3) is 0 Å². The Morgan fingerprint density at radius 1 is 0.894 bits per heavy atom. The molecule has 6 N–H and O–H groups in total. The summed E-state index contributed by atoms with van der Waals surface area (Å²) in [5.74, 6) is -3.72. The highest BCUT2D eigenvalue weighted by atomic mass is 31.2. The summed E-state index contributed by atoms with van der Waals surface area (Å²) in [6.07, 6.45) is 4.26. The third-order valence-corrected chi connectivity index (χ3v) is 12.7. The van der Waals surface area contributed by atoms with Gasteiger partial charge in [0.05, 0.1) is 16.5 Å². The lowest BCUT2D eigenvalue weighted by Gasteiger charge is -2.29. The Bertz CT molecular complexity index is 2120. The first-order valence-electron chi connectivity index (χ1n) is 21.9. The number of nitrogens with one attached hydrogen (secondary N) is 2. The summed E-state index contributed by atoms with van der Waals surface area (Å²) in [5.41, 5.74) is 6.63. The second-order valence-corrected chi connectivity index (χ2v) is 20.4. The van der Waals surface area contributed by atoms with Crippen LogP contribution in [-0.2, 0) is 75.1 Å². The number of rotatable bonds is 23. The molecule has 0 aliphatic carbocycles. The number of nitrogens with two attached hydrogens (primary N) is 2. The number of ether oxygens (including phenoxy) is 3. The molecule has 0 radical (unpaired) electrons. The van der Waals surface area contributed by atoms with Crippen molar-refractivity contribution in [2.75, 3.05) is 38.2 Å². The van der Waals surface area contributed by atoms with Crippen molar-refractivity contribution in [3.8, 4) is 0 Å². The van der Waals surface area contributed by atoms with Crippen molar-refractivity contribution >= 4 is 54.4 Å². The lowest BCUT2D eigenvalue weighted by molar-refractivity contribution is -0.163. The number of aryl methyl sites for hydroxylation is 1. The van der Waals surface area contributed by atoms with Gasteiger partial charge in [0.15, 0.2) is 0 Å². The lowest BCUT2D eigenvalue weighted by atomic mass is 9.98. The van der Waals surface area contributed by atoms with Crippen molar-refractivity contribution in [3.63, 3.8) is 0 Å². The van der Waals surface area contributed by atoms with E-state index in [0.29, 0.717) is 68.7 Å². The van der Waals surface area contributed by atoms with Crippen molar-refractivity contribution < 1.29 is 65.4 Å². The third-order valence-electron chi connectivity index (χ3n) is 10.9. The highest BCUT2D eigenvalue weighted by molar-refractivity contribution is 7.54. The van der Waals surface area contributed by atoms with Crippen molar-refractivity contribution in [2.45, 2.75) is 124 Å². The van der Waals surface area contributed by atoms with Crippen LogP contribution in [0.2, 0.25) is 0 Å². The zero-order valence-corrected chi connectivity index (χ0v) is 39.6. The van der Waals surface area contributed by atoms with Gasteiger partial charge in [-0.25, -0.2) is 0 Å². The molecule has 4 amide bonds. The average molecular weight is 948 g/mol. The number of carbonyl (C=O) groups excluding carboxylic acids is 6. The van der Waals surface area contributed by atoms with E-state index in [0.717, 1.165) is 23.3 Å². The van der Waals surface area contributed by atoms with Gasteiger partial charge < -0.3 is 36.3 Å². The van der Waals surface area contributed by atoms with E-state index in [1.807, 2.05) is 18.2 Å². The number of para-hydroxylation sites is 1. The Morgan fingerprint density at radius 3 is 2.06 bits per heavy atom. The summed E-state index contributed by atoms with van der Waals surface area (Å²) >= 11 is 0. The number of nitrogens with zero attached hydrogens (tertiary/aromatic N) is 1. The van der Waals surface area contributed by atoms with Crippen molar-refractivity contribution in [1.82, 2.24) is 10.6 Å². The van der Waals surface area contributed by atoms with E-state index >= 15 is 8.78 Å². The van der Waals surface area contributed by atoms with Gasteiger partial charge >= 0.3 is 25.2 Å². The Kier molecular flexibility index (Phi) is 18.7. The van der Waals surface area contributed by atoms with Crippen LogP contribution in [0.5, 0.6) is 0 Å². The molecule has 2 aromatic rings. The van der Waals surface area contributed by atoms with E-state index in [1.54, 1.807) is 6.92 Å². The fourth-order valence-electron chi connectivity index (χ4n) is 7.11. The average Bonchev–Trinajstić information content (AvgIpc) is 3.58. The molecule has 0 bridgehead atoms. The van der Waals surface area contributed by atoms with Crippen LogP contribution in [0.1, 0.15) is 109 Å². The van der Waals surface area contributed by atoms with Crippen molar-refractivity contribution in [2.24, 2.45) is 22.3 Å². The van der Waals surface area contributed by atoms with Gasteiger partial charge in [-0.2, -0.15) is 8.78 Å². The molecule has 17 nitrogen and oxygen atoms in total. The van der Waals surface area contributed by atoms with Crippen LogP contribution in [0.3, 0.4) is 0 Å². The van der Waals surface area contributed by atoms with E-state index in [1.165, 1.54) is 64.7 Å². The number of alkyl halides is 2. The topological polar surface area (TPSA) is 245 Å². The first-order chi connectivity index (χ1) is 30.9. The monoisotopic (exact) mass is 947 g/mol. The maximum absolute atomic E-state index is 16.1. The number of primary amides is 1. The zero-order chi connectivity index (χ0) is 49.0. The highest BCUT2D eigenvalue weighted by Crippen LogP contribution is 2.67. The molecule has 20 heteroatoms. The SMILES string of the molecule is C/C(=C\C(=O)N[C@H]1CCc2cccc3c2N(C1=O)[C@H](C(=O)N[C@H](CCCOCCCN)CCC(N)=O)C3)c1ccc(C(F)(F)P(=O)(OCOC(=O)C(C)(C)C)OCOC(=O)C(C)(C)C)cc1. The second kappa shape index (κ2) is 23.1. The second-order valence-electron chi connectivity index (χ2n) is 18.4. The summed E-state index contributed by atoms with van der Waals surface area (Å²) in [7, 11) is -5.57. The van der Waals surface area contributed by atoms with Gasteiger partial charge in [0.1, 0.15) is 12.1 Å². The Balaban J connectivity index is 1.49. The van der Waals surface area contributed by atoms with Crippen molar-refractivity contribution in [1.29, 1.82) is 0 Å². The minimum atomic E-state index is -5.57. The fourth-order valence-corrected chi connectivity index (χ4v) is 8.36. The smallest absolute Gasteiger partial charge is 0.410 e. The molecule has 2 aromatic carbocycles. The van der Waals surface area contributed by atoms with Crippen LogP contribution < -0.4 is 27.0 Å². The highest BCUT2D eigenvalue weighted by Gasteiger charge is 2.56. The van der Waals surface area contributed by atoms with Crippen LogP contribution >= 0.6 is 7.60 Å². The van der Waals surface area contributed by atoms with Gasteiger partial charge in [0, 0.05) is 43.7 Å². The largest absolute Gasteiger partial charge is 0.438 e. The zero-order valence-electron chi connectivity index (χ0n) is 38.7. The van der Waals surface area contributed by atoms with E-state index < -0.39 is 96.9 Å². The number of amides is 4. The van der Waals surface area contributed by atoms with Crippen LogP contribution in [0.25, 0.3) is 5.57 Å². The molecule has 66 heavy (non-hydrogen) atoms. The van der Waals surface area contributed by atoms with E-state index in [2.05, 4.69) is 10.6 Å². The summed E-state index contributed by atoms with van der Waals surface area (Å²) in [6.45, 7) is 9.80. The van der Waals surface area contributed by atoms with Gasteiger partial charge in [-0.05, 0) is 116 Å². The minimum absolute atomic E-state index is 0.0517. The Labute approximate surface area is 384 Å². The first-order valence-corrected chi connectivity index (χ1v) is 23.5.